The summed E-state index contributed by atoms with van der Waals surface area (Å²) >= 11 is 0. The second-order valence-corrected chi connectivity index (χ2v) is 10.3. The van der Waals surface area contributed by atoms with Crippen molar-refractivity contribution in [3.8, 4) is 5.75 Å². The number of rotatable bonds is 13. The summed E-state index contributed by atoms with van der Waals surface area (Å²) in [5.41, 5.74) is 2.97. The maximum Gasteiger partial charge on any atom is 0.195 e. The van der Waals surface area contributed by atoms with Gasteiger partial charge in [0.05, 0.1) is 20.3 Å². The van der Waals surface area contributed by atoms with Crippen LogP contribution >= 0.6 is 0 Å². The van der Waals surface area contributed by atoms with Gasteiger partial charge in [-0.2, -0.15) is 0 Å². The Morgan fingerprint density at radius 3 is 2.15 bits per heavy atom. The minimum atomic E-state index is -0.125. The van der Waals surface area contributed by atoms with Crippen LogP contribution in [0.2, 0.25) is 0 Å². The van der Waals surface area contributed by atoms with Gasteiger partial charge in [-0.25, -0.2) is 0 Å². The lowest BCUT2D eigenvalue weighted by Crippen LogP contribution is -2.30. The molecule has 1 aliphatic carbocycles. The molecule has 2 aromatic carbocycles. The predicted octanol–water partition coefficient (Wildman–Crippen LogP) is 8.27. The standard InChI is InChI=1S/C34H44N2O4/c1-8-10-27(9-2)34(35-24(3)4)40-33(25(5)37)23-26-11-13-28(14-12-26)36(29-15-19-31(38-6)20-16-29)30-17-21-32(39-7)22-18-30/h11-17,19-24,27,30H,8-10,18H2,1-7H3/b33-23+,35-34?. The summed E-state index contributed by atoms with van der Waals surface area (Å²) < 4.78 is 17.0. The Kier molecular flexibility index (Phi) is 11.6. The van der Waals surface area contributed by atoms with Crippen molar-refractivity contribution in [3.05, 3.63) is 83.8 Å². The maximum absolute atomic E-state index is 12.6. The van der Waals surface area contributed by atoms with E-state index in [-0.39, 0.29) is 23.8 Å². The zero-order valence-corrected chi connectivity index (χ0v) is 25.0. The van der Waals surface area contributed by atoms with E-state index in [9.17, 15) is 4.79 Å². The first-order valence-corrected chi connectivity index (χ1v) is 14.2. The summed E-state index contributed by atoms with van der Waals surface area (Å²) in [6.07, 6.45) is 11.8. The molecule has 214 valence electrons. The molecule has 0 heterocycles. The van der Waals surface area contributed by atoms with Crippen LogP contribution in [0, 0.1) is 5.92 Å². The van der Waals surface area contributed by atoms with Crippen molar-refractivity contribution >= 4 is 29.1 Å². The fourth-order valence-corrected chi connectivity index (χ4v) is 4.73. The van der Waals surface area contributed by atoms with Crippen LogP contribution in [0.4, 0.5) is 11.4 Å². The molecule has 0 saturated heterocycles. The minimum Gasteiger partial charge on any atom is -0.497 e. The van der Waals surface area contributed by atoms with Crippen LogP contribution in [0.15, 0.2) is 83.3 Å². The lowest BCUT2D eigenvalue weighted by Gasteiger charge is -2.33. The van der Waals surface area contributed by atoms with Crippen molar-refractivity contribution in [2.75, 3.05) is 19.1 Å². The Bertz CT molecular complexity index is 1220. The monoisotopic (exact) mass is 544 g/mol. The quantitative estimate of drug-likeness (QED) is 0.110. The fraction of sp³-hybridized carbons (Fsp3) is 0.412. The summed E-state index contributed by atoms with van der Waals surface area (Å²) in [6, 6.07) is 16.5. The van der Waals surface area contributed by atoms with Crippen molar-refractivity contribution in [3.63, 3.8) is 0 Å². The molecular formula is C34H44N2O4. The second-order valence-electron chi connectivity index (χ2n) is 10.3. The average molecular weight is 545 g/mol. The molecule has 2 atom stereocenters. The first-order chi connectivity index (χ1) is 19.3. The Morgan fingerprint density at radius 1 is 1.02 bits per heavy atom. The van der Waals surface area contributed by atoms with E-state index in [0.29, 0.717) is 11.7 Å². The number of benzene rings is 2. The van der Waals surface area contributed by atoms with Gasteiger partial charge in [0.25, 0.3) is 0 Å². The van der Waals surface area contributed by atoms with Crippen molar-refractivity contribution < 1.29 is 19.0 Å². The van der Waals surface area contributed by atoms with Crippen molar-refractivity contribution in [2.45, 2.75) is 72.4 Å². The molecule has 0 aromatic heterocycles. The molecule has 0 saturated carbocycles. The molecule has 6 nitrogen and oxygen atoms in total. The highest BCUT2D eigenvalue weighted by molar-refractivity contribution is 5.98. The molecule has 0 spiro atoms. The molecule has 0 bridgehead atoms. The number of allylic oxidation sites excluding steroid dienone is 2. The summed E-state index contributed by atoms with van der Waals surface area (Å²) in [7, 11) is 3.36. The first kappa shape index (κ1) is 30.7. The van der Waals surface area contributed by atoms with E-state index in [0.717, 1.165) is 54.1 Å². The molecule has 6 heteroatoms. The van der Waals surface area contributed by atoms with Gasteiger partial charge in [0.2, 0.25) is 0 Å². The largest absolute Gasteiger partial charge is 0.497 e. The van der Waals surface area contributed by atoms with Crippen molar-refractivity contribution in [1.29, 1.82) is 0 Å². The number of anilines is 2. The summed E-state index contributed by atoms with van der Waals surface area (Å²) in [5, 5.41) is 0. The minimum absolute atomic E-state index is 0.0842. The van der Waals surface area contributed by atoms with E-state index in [2.05, 4.69) is 55.2 Å². The van der Waals surface area contributed by atoms with Gasteiger partial charge in [0.15, 0.2) is 17.4 Å². The lowest BCUT2D eigenvalue weighted by atomic mass is 10.0. The van der Waals surface area contributed by atoms with Crippen molar-refractivity contribution in [1.82, 2.24) is 0 Å². The number of hydrogen-bond donors (Lipinski definition) is 0. The number of Topliss-reactive ketones (excluding diaryl/α,β-unsaturated/α-hetero) is 1. The number of carbonyl (C=O) groups is 1. The zero-order chi connectivity index (χ0) is 29.1. The SMILES string of the molecule is CCCC(CC)C(=NC(C)C)O/C(=C/c1ccc(N(c2ccc(OC)cc2)C2C=CC(OC)=CC2)cc1)C(C)=O. The fourth-order valence-electron chi connectivity index (χ4n) is 4.73. The Hall–Kier alpha value is -3.80. The lowest BCUT2D eigenvalue weighted by molar-refractivity contribution is -0.115. The Morgan fingerprint density at radius 2 is 1.68 bits per heavy atom. The van der Waals surface area contributed by atoms with Gasteiger partial charge in [-0.3, -0.25) is 9.79 Å². The zero-order valence-electron chi connectivity index (χ0n) is 25.0. The number of aliphatic imine (C=N–C) groups is 1. The third-order valence-corrected chi connectivity index (χ3v) is 6.86. The topological polar surface area (TPSA) is 60.4 Å². The summed E-state index contributed by atoms with van der Waals surface area (Å²) in [6.45, 7) is 9.89. The molecular weight excluding hydrogens is 500 g/mol. The number of hydrogen-bond acceptors (Lipinski definition) is 6. The molecule has 0 N–H and O–H groups in total. The average Bonchev–Trinajstić information content (AvgIpc) is 2.96. The second kappa shape index (κ2) is 15.1. The number of methoxy groups -OCH3 is 2. The van der Waals surface area contributed by atoms with E-state index in [1.807, 2.05) is 50.3 Å². The van der Waals surface area contributed by atoms with E-state index < -0.39 is 0 Å². The third kappa shape index (κ3) is 8.35. The number of ketones is 1. The molecule has 0 radical (unpaired) electrons. The molecule has 2 aromatic rings. The van der Waals surface area contributed by atoms with Crippen LogP contribution in [-0.2, 0) is 14.3 Å². The Labute approximate surface area is 240 Å². The molecule has 0 amide bonds. The number of carbonyl (C=O) groups excluding carboxylic acids is 1. The van der Waals surface area contributed by atoms with Crippen LogP contribution in [0.5, 0.6) is 5.75 Å². The van der Waals surface area contributed by atoms with Crippen LogP contribution in [0.25, 0.3) is 6.08 Å². The third-order valence-electron chi connectivity index (χ3n) is 6.86. The van der Waals surface area contributed by atoms with Crippen LogP contribution in [0.1, 0.15) is 65.9 Å². The van der Waals surface area contributed by atoms with Crippen LogP contribution in [0.3, 0.4) is 0 Å². The van der Waals surface area contributed by atoms with Crippen LogP contribution < -0.4 is 9.64 Å². The van der Waals surface area contributed by atoms with Gasteiger partial charge >= 0.3 is 0 Å². The van der Waals surface area contributed by atoms with E-state index >= 15 is 0 Å². The molecule has 40 heavy (non-hydrogen) atoms. The first-order valence-electron chi connectivity index (χ1n) is 14.2. The molecule has 1 aliphatic rings. The highest BCUT2D eigenvalue weighted by atomic mass is 16.5. The van der Waals surface area contributed by atoms with Gasteiger partial charge in [-0.05, 0) is 93.3 Å². The molecule has 3 rings (SSSR count). The Balaban J connectivity index is 1.93. The van der Waals surface area contributed by atoms with E-state index in [4.69, 9.17) is 19.2 Å². The van der Waals surface area contributed by atoms with Crippen LogP contribution in [-0.4, -0.2) is 38.0 Å². The summed E-state index contributed by atoms with van der Waals surface area (Å²) in [5.74, 6) is 2.70. The van der Waals surface area contributed by atoms with Crippen molar-refractivity contribution in [2.24, 2.45) is 10.9 Å². The van der Waals surface area contributed by atoms with Gasteiger partial charge in [-0.15, -0.1) is 0 Å². The molecule has 0 aliphatic heterocycles. The van der Waals surface area contributed by atoms with Gasteiger partial charge in [0.1, 0.15) is 11.5 Å². The molecule has 0 fully saturated rings. The maximum atomic E-state index is 12.6. The highest BCUT2D eigenvalue weighted by Gasteiger charge is 2.22. The van der Waals surface area contributed by atoms with Gasteiger partial charge < -0.3 is 19.1 Å². The normalized spacial score (nSPS) is 16.4. The highest BCUT2D eigenvalue weighted by Crippen LogP contribution is 2.33. The smallest absolute Gasteiger partial charge is 0.195 e. The van der Waals surface area contributed by atoms with Gasteiger partial charge in [-0.1, -0.05) is 38.5 Å². The molecule has 2 unspecified atom stereocenters. The van der Waals surface area contributed by atoms with Gasteiger partial charge in [0, 0.05) is 30.3 Å². The number of nitrogens with zero attached hydrogens (tertiary/aromatic N) is 2. The number of ether oxygens (including phenoxy) is 3. The predicted molar refractivity (Wildman–Crippen MR) is 165 cm³/mol. The van der Waals surface area contributed by atoms with E-state index in [1.165, 1.54) is 6.92 Å². The van der Waals surface area contributed by atoms with E-state index in [1.54, 1.807) is 14.2 Å². The summed E-state index contributed by atoms with van der Waals surface area (Å²) in [4.78, 5) is 19.7.